The summed E-state index contributed by atoms with van der Waals surface area (Å²) in [6.45, 7) is 2.34. The van der Waals surface area contributed by atoms with Gasteiger partial charge in [0.1, 0.15) is 4.90 Å². The molecule has 0 saturated heterocycles. The average Bonchev–Trinajstić information content (AvgIpc) is 2.92. The highest BCUT2D eigenvalue weighted by atomic mass is 32.2. The second-order valence-corrected chi connectivity index (χ2v) is 5.86. The van der Waals surface area contributed by atoms with Gasteiger partial charge in [0.25, 0.3) is 0 Å². The van der Waals surface area contributed by atoms with E-state index in [0.717, 1.165) is 5.56 Å². The highest BCUT2D eigenvalue weighted by molar-refractivity contribution is 7.89. The molecule has 0 aliphatic rings. The van der Waals surface area contributed by atoms with Crippen molar-refractivity contribution in [3.63, 3.8) is 0 Å². The van der Waals surface area contributed by atoms with Crippen LogP contribution in [0.3, 0.4) is 0 Å². The Morgan fingerprint density at radius 2 is 2.06 bits per heavy atom. The molecule has 0 aliphatic carbocycles. The molecule has 1 unspecified atom stereocenters. The van der Waals surface area contributed by atoms with Crippen LogP contribution in [0.15, 0.2) is 47.6 Å². The van der Waals surface area contributed by atoms with Gasteiger partial charge in [-0.2, -0.15) is 5.10 Å². The predicted octanol–water partition coefficient (Wildman–Crippen LogP) is 1.49. The zero-order valence-corrected chi connectivity index (χ0v) is 10.8. The van der Waals surface area contributed by atoms with Gasteiger partial charge in [0.05, 0.1) is 6.20 Å². The summed E-state index contributed by atoms with van der Waals surface area (Å²) >= 11 is 0. The number of aromatic nitrogens is 2. The van der Waals surface area contributed by atoms with E-state index in [1.807, 2.05) is 37.3 Å². The molecule has 0 spiro atoms. The molecule has 1 heterocycles. The van der Waals surface area contributed by atoms with E-state index in [2.05, 4.69) is 14.9 Å². The van der Waals surface area contributed by atoms with E-state index in [4.69, 9.17) is 0 Å². The Morgan fingerprint density at radius 3 is 2.67 bits per heavy atom. The Bertz CT molecular complexity index is 579. The van der Waals surface area contributed by atoms with Crippen molar-refractivity contribution in [2.24, 2.45) is 0 Å². The quantitative estimate of drug-likeness (QED) is 0.860. The third kappa shape index (κ3) is 2.96. The van der Waals surface area contributed by atoms with Crippen LogP contribution in [0, 0.1) is 0 Å². The first-order valence-corrected chi connectivity index (χ1v) is 7.11. The fourth-order valence-corrected chi connectivity index (χ4v) is 2.64. The molecule has 18 heavy (non-hydrogen) atoms. The molecule has 6 heteroatoms. The molecule has 2 rings (SSSR count). The summed E-state index contributed by atoms with van der Waals surface area (Å²) in [6.07, 6.45) is 2.64. The normalized spacial score (nSPS) is 13.4. The van der Waals surface area contributed by atoms with Crippen LogP contribution in [0.4, 0.5) is 0 Å². The number of benzene rings is 1. The van der Waals surface area contributed by atoms with Crippen molar-refractivity contribution in [3.8, 4) is 0 Å². The Labute approximate surface area is 106 Å². The first-order valence-electron chi connectivity index (χ1n) is 5.63. The molecule has 0 saturated carbocycles. The number of aromatic amines is 1. The van der Waals surface area contributed by atoms with Crippen LogP contribution >= 0.6 is 0 Å². The van der Waals surface area contributed by atoms with Crippen molar-refractivity contribution in [2.75, 3.05) is 6.54 Å². The zero-order valence-electron chi connectivity index (χ0n) is 10.00. The number of hydrogen-bond donors (Lipinski definition) is 2. The Hall–Kier alpha value is -1.66. The molecule has 0 fully saturated rings. The van der Waals surface area contributed by atoms with E-state index in [-0.39, 0.29) is 10.8 Å². The summed E-state index contributed by atoms with van der Waals surface area (Å²) in [5.74, 6) is 0.118. The van der Waals surface area contributed by atoms with E-state index < -0.39 is 10.0 Å². The third-order valence-electron chi connectivity index (χ3n) is 2.73. The molecule has 0 amide bonds. The van der Waals surface area contributed by atoms with Gasteiger partial charge < -0.3 is 0 Å². The standard InChI is InChI=1S/C12H15N3O2S/c1-10(11-5-3-2-4-6-11)7-15-18(16,17)12-8-13-14-9-12/h2-6,8-10,15H,7H2,1H3,(H,13,14). The van der Waals surface area contributed by atoms with Crippen LogP contribution in [0.5, 0.6) is 0 Å². The minimum absolute atomic E-state index is 0.118. The highest BCUT2D eigenvalue weighted by Crippen LogP contribution is 2.14. The van der Waals surface area contributed by atoms with E-state index in [1.165, 1.54) is 12.4 Å². The highest BCUT2D eigenvalue weighted by Gasteiger charge is 2.16. The second kappa shape index (κ2) is 5.32. The number of nitrogens with zero attached hydrogens (tertiary/aromatic N) is 1. The first-order chi connectivity index (χ1) is 8.59. The summed E-state index contributed by atoms with van der Waals surface area (Å²) in [7, 11) is -3.46. The molecular weight excluding hydrogens is 250 g/mol. The van der Waals surface area contributed by atoms with Crippen LogP contribution in [-0.4, -0.2) is 25.2 Å². The Kier molecular flexibility index (Phi) is 3.78. The summed E-state index contributed by atoms with van der Waals surface area (Å²) in [6, 6.07) is 9.78. The SMILES string of the molecule is CC(CNS(=O)(=O)c1cn[nH]c1)c1ccccc1. The van der Waals surface area contributed by atoms with Gasteiger partial charge in [0.15, 0.2) is 0 Å². The summed E-state index contributed by atoms with van der Waals surface area (Å²) in [4.78, 5) is 0.155. The minimum atomic E-state index is -3.46. The Balaban J connectivity index is 2.00. The van der Waals surface area contributed by atoms with Gasteiger partial charge in [-0.25, -0.2) is 13.1 Å². The predicted molar refractivity (Wildman–Crippen MR) is 68.6 cm³/mol. The third-order valence-corrected chi connectivity index (χ3v) is 4.12. The van der Waals surface area contributed by atoms with Crippen LogP contribution < -0.4 is 4.72 Å². The summed E-state index contributed by atoms with van der Waals surface area (Å²) < 4.78 is 26.3. The molecule has 2 aromatic rings. The minimum Gasteiger partial charge on any atom is -0.284 e. The molecule has 1 atom stereocenters. The molecule has 5 nitrogen and oxygen atoms in total. The van der Waals surface area contributed by atoms with E-state index in [1.54, 1.807) is 0 Å². The maximum Gasteiger partial charge on any atom is 0.243 e. The van der Waals surface area contributed by atoms with Crippen LogP contribution in [0.25, 0.3) is 0 Å². The number of nitrogens with one attached hydrogen (secondary N) is 2. The maximum atomic E-state index is 11.9. The van der Waals surface area contributed by atoms with Gasteiger partial charge in [-0.05, 0) is 11.5 Å². The summed E-state index contributed by atoms with van der Waals surface area (Å²) in [5.41, 5.74) is 1.10. The van der Waals surface area contributed by atoms with Gasteiger partial charge >= 0.3 is 0 Å². The lowest BCUT2D eigenvalue weighted by Crippen LogP contribution is -2.27. The maximum absolute atomic E-state index is 11.9. The van der Waals surface area contributed by atoms with Crippen LogP contribution in [0.1, 0.15) is 18.4 Å². The molecule has 1 aromatic heterocycles. The van der Waals surface area contributed by atoms with Crippen molar-refractivity contribution in [2.45, 2.75) is 17.7 Å². The van der Waals surface area contributed by atoms with Crippen molar-refractivity contribution in [1.82, 2.24) is 14.9 Å². The number of H-pyrrole nitrogens is 1. The van der Waals surface area contributed by atoms with E-state index in [9.17, 15) is 8.42 Å². The monoisotopic (exact) mass is 265 g/mol. The van der Waals surface area contributed by atoms with Crippen molar-refractivity contribution in [1.29, 1.82) is 0 Å². The van der Waals surface area contributed by atoms with Crippen LogP contribution in [0.2, 0.25) is 0 Å². The fourth-order valence-electron chi connectivity index (χ4n) is 1.60. The molecule has 0 radical (unpaired) electrons. The van der Waals surface area contributed by atoms with Gasteiger partial charge in [-0.3, -0.25) is 5.10 Å². The largest absolute Gasteiger partial charge is 0.284 e. The van der Waals surface area contributed by atoms with E-state index >= 15 is 0 Å². The van der Waals surface area contributed by atoms with Gasteiger partial charge in [-0.1, -0.05) is 37.3 Å². The average molecular weight is 265 g/mol. The van der Waals surface area contributed by atoms with Crippen molar-refractivity contribution in [3.05, 3.63) is 48.3 Å². The lowest BCUT2D eigenvalue weighted by molar-refractivity contribution is 0.575. The van der Waals surface area contributed by atoms with Crippen molar-refractivity contribution < 1.29 is 8.42 Å². The first kappa shape index (κ1) is 12.8. The summed E-state index contributed by atoms with van der Waals surface area (Å²) in [5, 5.41) is 6.12. The lowest BCUT2D eigenvalue weighted by atomic mass is 10.0. The number of rotatable bonds is 5. The zero-order chi connectivity index (χ0) is 13.0. The van der Waals surface area contributed by atoms with Gasteiger partial charge in [0.2, 0.25) is 10.0 Å². The number of hydrogen-bond acceptors (Lipinski definition) is 3. The number of sulfonamides is 1. The smallest absolute Gasteiger partial charge is 0.243 e. The fraction of sp³-hybridized carbons (Fsp3) is 0.250. The molecule has 96 valence electrons. The Morgan fingerprint density at radius 1 is 1.33 bits per heavy atom. The molecular formula is C12H15N3O2S. The van der Waals surface area contributed by atoms with Gasteiger partial charge in [0, 0.05) is 12.7 Å². The van der Waals surface area contributed by atoms with Gasteiger partial charge in [-0.15, -0.1) is 0 Å². The molecule has 2 N–H and O–H groups in total. The van der Waals surface area contributed by atoms with Crippen molar-refractivity contribution >= 4 is 10.0 Å². The second-order valence-electron chi connectivity index (χ2n) is 4.10. The van der Waals surface area contributed by atoms with Crippen LogP contribution in [-0.2, 0) is 10.0 Å². The lowest BCUT2D eigenvalue weighted by Gasteiger charge is -2.12. The molecule has 1 aromatic carbocycles. The molecule has 0 bridgehead atoms. The topological polar surface area (TPSA) is 74.8 Å². The van der Waals surface area contributed by atoms with E-state index in [0.29, 0.717) is 6.54 Å². The molecule has 0 aliphatic heterocycles.